The van der Waals surface area contributed by atoms with Gasteiger partial charge in [0.15, 0.2) is 0 Å². The van der Waals surface area contributed by atoms with Crippen LogP contribution in [0.4, 0.5) is 4.39 Å². The maximum atomic E-state index is 13.9. The Kier molecular flexibility index (Phi) is 4.06. The molecule has 1 aromatic carbocycles. The van der Waals surface area contributed by atoms with E-state index in [1.807, 2.05) is 13.0 Å². The van der Waals surface area contributed by atoms with Gasteiger partial charge in [0, 0.05) is 11.6 Å². The zero-order valence-corrected chi connectivity index (χ0v) is 11.6. The fourth-order valence-electron chi connectivity index (χ4n) is 3.47. The Balaban J connectivity index is 2.19. The van der Waals surface area contributed by atoms with Crippen molar-refractivity contribution < 1.29 is 4.39 Å². The van der Waals surface area contributed by atoms with E-state index in [0.717, 1.165) is 18.4 Å². The Labute approximate surface area is 110 Å². The van der Waals surface area contributed by atoms with Gasteiger partial charge in [0.1, 0.15) is 5.82 Å². The molecule has 0 spiro atoms. The van der Waals surface area contributed by atoms with Crippen molar-refractivity contribution in [3.63, 3.8) is 0 Å². The molecule has 3 unspecified atom stereocenters. The zero-order valence-electron chi connectivity index (χ0n) is 11.6. The average molecular weight is 249 g/mol. The van der Waals surface area contributed by atoms with Gasteiger partial charge < -0.3 is 5.73 Å². The number of nitrogens with two attached hydrogens (primary N) is 1. The van der Waals surface area contributed by atoms with Crippen molar-refractivity contribution in [2.45, 2.75) is 46.1 Å². The molecule has 0 aliphatic heterocycles. The number of rotatable bonds is 2. The highest BCUT2D eigenvalue weighted by Gasteiger charge is 2.30. The number of benzene rings is 1. The Morgan fingerprint density at radius 3 is 2.39 bits per heavy atom. The predicted molar refractivity (Wildman–Crippen MR) is 73.7 cm³/mol. The third-order valence-corrected chi connectivity index (χ3v) is 4.23. The molecule has 0 radical (unpaired) electrons. The molecule has 0 amide bonds. The van der Waals surface area contributed by atoms with E-state index >= 15 is 0 Å². The van der Waals surface area contributed by atoms with Crippen molar-refractivity contribution in [3.05, 3.63) is 35.1 Å². The Morgan fingerprint density at radius 2 is 1.78 bits per heavy atom. The molecule has 1 aliphatic rings. The highest BCUT2D eigenvalue weighted by molar-refractivity contribution is 5.27. The van der Waals surface area contributed by atoms with E-state index in [2.05, 4.69) is 13.8 Å². The number of hydrogen-bond donors (Lipinski definition) is 1. The van der Waals surface area contributed by atoms with E-state index < -0.39 is 0 Å². The maximum Gasteiger partial charge on any atom is 0.127 e. The second kappa shape index (κ2) is 5.40. The maximum absolute atomic E-state index is 13.9. The largest absolute Gasteiger partial charge is 0.324 e. The van der Waals surface area contributed by atoms with Crippen LogP contribution in [0.15, 0.2) is 18.2 Å². The molecule has 100 valence electrons. The minimum absolute atomic E-state index is 0.154. The van der Waals surface area contributed by atoms with Crippen LogP contribution in [0.1, 0.15) is 50.3 Å². The van der Waals surface area contributed by atoms with Crippen molar-refractivity contribution in [2.75, 3.05) is 0 Å². The van der Waals surface area contributed by atoms with Gasteiger partial charge in [-0.3, -0.25) is 0 Å². The second-order valence-electron chi connectivity index (χ2n) is 6.23. The van der Waals surface area contributed by atoms with Crippen molar-refractivity contribution in [2.24, 2.45) is 23.5 Å². The third kappa shape index (κ3) is 2.92. The summed E-state index contributed by atoms with van der Waals surface area (Å²) in [7, 11) is 0. The lowest BCUT2D eigenvalue weighted by Crippen LogP contribution is -2.29. The van der Waals surface area contributed by atoms with Gasteiger partial charge >= 0.3 is 0 Å². The van der Waals surface area contributed by atoms with Crippen molar-refractivity contribution in [3.8, 4) is 0 Å². The van der Waals surface area contributed by atoms with E-state index in [1.165, 1.54) is 6.42 Å². The van der Waals surface area contributed by atoms with E-state index in [4.69, 9.17) is 5.73 Å². The molecule has 1 aromatic rings. The molecular weight excluding hydrogens is 225 g/mol. The summed E-state index contributed by atoms with van der Waals surface area (Å²) in [5, 5.41) is 0. The third-order valence-electron chi connectivity index (χ3n) is 4.23. The van der Waals surface area contributed by atoms with Gasteiger partial charge in [0.05, 0.1) is 0 Å². The molecular formula is C16H24FN. The van der Waals surface area contributed by atoms with E-state index in [-0.39, 0.29) is 11.9 Å². The van der Waals surface area contributed by atoms with Crippen LogP contribution in [0.2, 0.25) is 0 Å². The van der Waals surface area contributed by atoms with Crippen LogP contribution in [0, 0.1) is 30.5 Å². The number of aryl methyl sites for hydroxylation is 1. The molecule has 3 atom stereocenters. The molecule has 0 saturated heterocycles. The zero-order chi connectivity index (χ0) is 13.3. The van der Waals surface area contributed by atoms with Crippen LogP contribution < -0.4 is 5.73 Å². The van der Waals surface area contributed by atoms with Gasteiger partial charge in [-0.2, -0.15) is 0 Å². The highest BCUT2D eigenvalue weighted by atomic mass is 19.1. The summed E-state index contributed by atoms with van der Waals surface area (Å²) in [6.07, 6.45) is 3.53. The minimum Gasteiger partial charge on any atom is -0.324 e. The topological polar surface area (TPSA) is 26.0 Å². The van der Waals surface area contributed by atoms with Crippen molar-refractivity contribution in [1.82, 2.24) is 0 Å². The Morgan fingerprint density at radius 1 is 1.17 bits per heavy atom. The lowest BCUT2D eigenvalue weighted by Gasteiger charge is -2.35. The Hall–Kier alpha value is -0.890. The van der Waals surface area contributed by atoms with Crippen LogP contribution in [0.3, 0.4) is 0 Å². The van der Waals surface area contributed by atoms with Gasteiger partial charge in [-0.05, 0) is 50.0 Å². The molecule has 1 fully saturated rings. The van der Waals surface area contributed by atoms with Gasteiger partial charge in [-0.1, -0.05) is 31.5 Å². The van der Waals surface area contributed by atoms with Crippen molar-refractivity contribution in [1.29, 1.82) is 0 Å². The minimum atomic E-state index is -0.157. The molecule has 1 nitrogen and oxygen atoms in total. The normalized spacial score (nSPS) is 30.2. The molecule has 2 N–H and O–H groups in total. The molecule has 0 heterocycles. The first-order valence-corrected chi connectivity index (χ1v) is 6.99. The van der Waals surface area contributed by atoms with Crippen LogP contribution >= 0.6 is 0 Å². The quantitative estimate of drug-likeness (QED) is 0.835. The first-order chi connectivity index (χ1) is 8.47. The van der Waals surface area contributed by atoms with E-state index in [0.29, 0.717) is 23.3 Å². The number of hydrogen-bond acceptors (Lipinski definition) is 1. The highest BCUT2D eigenvalue weighted by Crippen LogP contribution is 2.39. The molecule has 0 bridgehead atoms. The SMILES string of the molecule is Cc1ccc(F)c(C(N)C2CC(C)CC(C)C2)c1. The lowest BCUT2D eigenvalue weighted by atomic mass is 9.72. The molecule has 0 aromatic heterocycles. The summed E-state index contributed by atoms with van der Waals surface area (Å²) >= 11 is 0. The molecule has 1 saturated carbocycles. The van der Waals surface area contributed by atoms with Gasteiger partial charge in [-0.15, -0.1) is 0 Å². The van der Waals surface area contributed by atoms with Crippen LogP contribution in [-0.4, -0.2) is 0 Å². The number of halogens is 1. The fourth-order valence-corrected chi connectivity index (χ4v) is 3.47. The summed E-state index contributed by atoms with van der Waals surface area (Å²) in [5.41, 5.74) is 8.10. The smallest absolute Gasteiger partial charge is 0.127 e. The first kappa shape index (κ1) is 13.5. The van der Waals surface area contributed by atoms with Crippen LogP contribution in [0.5, 0.6) is 0 Å². The molecule has 1 aliphatic carbocycles. The molecule has 2 rings (SSSR count). The summed E-state index contributed by atoms with van der Waals surface area (Å²) in [6, 6.07) is 5.09. The lowest BCUT2D eigenvalue weighted by molar-refractivity contribution is 0.192. The second-order valence-corrected chi connectivity index (χ2v) is 6.23. The van der Waals surface area contributed by atoms with Crippen LogP contribution in [-0.2, 0) is 0 Å². The first-order valence-electron chi connectivity index (χ1n) is 6.99. The average Bonchev–Trinajstić information content (AvgIpc) is 2.30. The van der Waals surface area contributed by atoms with Gasteiger partial charge in [0.2, 0.25) is 0 Å². The van der Waals surface area contributed by atoms with Gasteiger partial charge in [-0.25, -0.2) is 4.39 Å². The van der Waals surface area contributed by atoms with Crippen molar-refractivity contribution >= 4 is 0 Å². The summed E-state index contributed by atoms with van der Waals surface area (Å²) in [5.74, 6) is 1.68. The fraction of sp³-hybridized carbons (Fsp3) is 0.625. The van der Waals surface area contributed by atoms with E-state index in [1.54, 1.807) is 12.1 Å². The molecule has 18 heavy (non-hydrogen) atoms. The Bertz CT molecular complexity index is 406. The van der Waals surface area contributed by atoms with Gasteiger partial charge in [0.25, 0.3) is 0 Å². The summed E-state index contributed by atoms with van der Waals surface area (Å²) in [6.45, 7) is 6.55. The molecule has 2 heteroatoms. The van der Waals surface area contributed by atoms with E-state index in [9.17, 15) is 4.39 Å². The predicted octanol–water partition coefficient (Wildman–Crippen LogP) is 4.21. The summed E-state index contributed by atoms with van der Waals surface area (Å²) < 4.78 is 13.9. The van der Waals surface area contributed by atoms with Crippen LogP contribution in [0.25, 0.3) is 0 Å². The standard InChI is InChI=1S/C16H24FN/c1-10-4-5-15(17)14(9-10)16(18)13-7-11(2)6-12(3)8-13/h4-5,9,11-13,16H,6-8,18H2,1-3H3. The monoisotopic (exact) mass is 249 g/mol. The summed E-state index contributed by atoms with van der Waals surface area (Å²) in [4.78, 5) is 0.